The van der Waals surface area contributed by atoms with Gasteiger partial charge in [-0.1, -0.05) is 12.1 Å². The molecule has 20 heavy (non-hydrogen) atoms. The van der Waals surface area contributed by atoms with Gasteiger partial charge in [-0.3, -0.25) is 14.8 Å². The van der Waals surface area contributed by atoms with Gasteiger partial charge in [0.1, 0.15) is 0 Å². The quantitative estimate of drug-likeness (QED) is 0.896. The first-order valence-electron chi connectivity index (χ1n) is 6.49. The predicted octanol–water partition coefficient (Wildman–Crippen LogP) is 1.53. The summed E-state index contributed by atoms with van der Waals surface area (Å²) in [5.74, 6) is 1.72. The number of hydrogen-bond donors (Lipinski definition) is 2. The van der Waals surface area contributed by atoms with Crippen molar-refractivity contribution in [3.05, 3.63) is 48.3 Å². The summed E-state index contributed by atoms with van der Waals surface area (Å²) in [6.07, 6.45) is 3.69. The van der Waals surface area contributed by atoms with E-state index < -0.39 is 0 Å². The molecule has 1 aromatic carbocycles. The van der Waals surface area contributed by atoms with E-state index >= 15 is 0 Å². The molecule has 1 fully saturated rings. The van der Waals surface area contributed by atoms with Crippen LogP contribution in [0.25, 0.3) is 0 Å². The van der Waals surface area contributed by atoms with E-state index in [-0.39, 0.29) is 11.9 Å². The van der Waals surface area contributed by atoms with Gasteiger partial charge in [-0.15, -0.1) is 11.8 Å². The maximum Gasteiger partial charge on any atom is 0.242 e. The van der Waals surface area contributed by atoms with Crippen LogP contribution in [0.5, 0.6) is 0 Å². The Bertz CT molecular complexity index is 561. The molecular formula is C14H16N4OS. The second-order valence-corrected chi connectivity index (χ2v) is 5.69. The lowest BCUT2D eigenvalue weighted by molar-refractivity contribution is -0.117. The Labute approximate surface area is 121 Å². The largest absolute Gasteiger partial charge is 0.325 e. The molecule has 1 aliphatic heterocycles. The van der Waals surface area contributed by atoms with Gasteiger partial charge in [-0.25, -0.2) is 0 Å². The Balaban J connectivity index is 1.59. The van der Waals surface area contributed by atoms with Crippen LogP contribution in [-0.4, -0.2) is 33.4 Å². The number of aromatic nitrogens is 2. The fourth-order valence-corrected chi connectivity index (χ4v) is 3.01. The fourth-order valence-electron chi connectivity index (χ4n) is 2.07. The molecule has 6 heteroatoms. The minimum atomic E-state index is -0.0799. The monoisotopic (exact) mass is 288 g/mol. The van der Waals surface area contributed by atoms with E-state index in [1.807, 2.05) is 41.2 Å². The molecule has 0 saturated carbocycles. The molecule has 0 radical (unpaired) electrons. The zero-order valence-electron chi connectivity index (χ0n) is 11.0. The number of rotatable bonds is 4. The third kappa shape index (κ3) is 3.20. The Kier molecular flexibility index (Phi) is 4.03. The standard InChI is InChI=1S/C14H16N4OS/c19-14(13-9-20-10-15-13)17-12-4-2-11(3-5-12)8-18-7-1-6-16-18/h1-7,13,15H,8-10H2,(H,17,19). The molecule has 1 unspecified atom stereocenters. The van der Waals surface area contributed by atoms with E-state index in [0.29, 0.717) is 0 Å². The molecule has 1 atom stereocenters. The number of nitrogens with one attached hydrogen (secondary N) is 2. The van der Waals surface area contributed by atoms with E-state index in [1.165, 1.54) is 0 Å². The van der Waals surface area contributed by atoms with E-state index in [4.69, 9.17) is 0 Å². The maximum atomic E-state index is 12.0. The summed E-state index contributed by atoms with van der Waals surface area (Å²) < 4.78 is 1.87. The molecule has 2 N–H and O–H groups in total. The smallest absolute Gasteiger partial charge is 0.242 e. The molecule has 5 nitrogen and oxygen atoms in total. The number of benzene rings is 1. The van der Waals surface area contributed by atoms with Crippen molar-refractivity contribution in [1.29, 1.82) is 0 Å². The van der Waals surface area contributed by atoms with Crippen molar-refractivity contribution < 1.29 is 4.79 Å². The van der Waals surface area contributed by atoms with Gasteiger partial charge in [0.15, 0.2) is 0 Å². The minimum absolute atomic E-state index is 0.0369. The average molecular weight is 288 g/mol. The van der Waals surface area contributed by atoms with E-state index in [1.54, 1.807) is 18.0 Å². The third-order valence-electron chi connectivity index (χ3n) is 3.16. The first-order valence-corrected chi connectivity index (χ1v) is 7.65. The van der Waals surface area contributed by atoms with Crippen LogP contribution in [0.2, 0.25) is 0 Å². The molecule has 1 aromatic heterocycles. The second kappa shape index (κ2) is 6.11. The van der Waals surface area contributed by atoms with Crippen molar-refractivity contribution in [2.75, 3.05) is 16.9 Å². The summed E-state index contributed by atoms with van der Waals surface area (Å²) in [6.45, 7) is 0.738. The van der Waals surface area contributed by atoms with Gasteiger partial charge in [0, 0.05) is 29.7 Å². The normalized spacial score (nSPS) is 18.1. The van der Waals surface area contributed by atoms with Gasteiger partial charge in [0.2, 0.25) is 5.91 Å². The number of nitrogens with zero attached hydrogens (tertiary/aromatic N) is 2. The highest BCUT2D eigenvalue weighted by Gasteiger charge is 2.22. The highest BCUT2D eigenvalue weighted by atomic mass is 32.2. The molecule has 1 amide bonds. The van der Waals surface area contributed by atoms with Crippen molar-refractivity contribution in [3.63, 3.8) is 0 Å². The molecule has 0 aliphatic carbocycles. The van der Waals surface area contributed by atoms with Gasteiger partial charge in [-0.05, 0) is 23.8 Å². The number of carbonyl (C=O) groups excluding carboxylic acids is 1. The van der Waals surface area contributed by atoms with Crippen molar-refractivity contribution in [2.45, 2.75) is 12.6 Å². The topological polar surface area (TPSA) is 59.0 Å². The number of carbonyl (C=O) groups is 1. The number of amides is 1. The zero-order valence-corrected chi connectivity index (χ0v) is 11.8. The predicted molar refractivity (Wildman–Crippen MR) is 80.6 cm³/mol. The minimum Gasteiger partial charge on any atom is -0.325 e. The van der Waals surface area contributed by atoms with Gasteiger partial charge in [0.05, 0.1) is 12.6 Å². The highest BCUT2D eigenvalue weighted by molar-refractivity contribution is 7.99. The third-order valence-corrected chi connectivity index (χ3v) is 4.10. The van der Waals surface area contributed by atoms with Crippen LogP contribution in [0.15, 0.2) is 42.7 Å². The molecule has 0 spiro atoms. The van der Waals surface area contributed by atoms with E-state index in [0.717, 1.165) is 29.4 Å². The lowest BCUT2D eigenvalue weighted by Crippen LogP contribution is -2.37. The molecule has 1 aliphatic rings. The second-order valence-electron chi connectivity index (χ2n) is 4.66. The van der Waals surface area contributed by atoms with Gasteiger partial charge in [0.25, 0.3) is 0 Å². The molecule has 2 heterocycles. The summed E-state index contributed by atoms with van der Waals surface area (Å²) in [4.78, 5) is 12.0. The summed E-state index contributed by atoms with van der Waals surface area (Å²) in [6, 6.07) is 9.70. The SMILES string of the molecule is O=C(Nc1ccc(Cn2cccn2)cc1)C1CSCN1. The van der Waals surface area contributed by atoms with Crippen LogP contribution in [0.4, 0.5) is 5.69 Å². The van der Waals surface area contributed by atoms with Crippen LogP contribution < -0.4 is 10.6 Å². The molecule has 1 saturated heterocycles. The van der Waals surface area contributed by atoms with Crippen molar-refractivity contribution in [1.82, 2.24) is 15.1 Å². The summed E-state index contributed by atoms with van der Waals surface area (Å²) in [7, 11) is 0. The summed E-state index contributed by atoms with van der Waals surface area (Å²) in [5, 5.41) is 10.3. The van der Waals surface area contributed by atoms with E-state index in [2.05, 4.69) is 15.7 Å². The van der Waals surface area contributed by atoms with Crippen molar-refractivity contribution in [3.8, 4) is 0 Å². The molecule has 0 bridgehead atoms. The van der Waals surface area contributed by atoms with Gasteiger partial charge in [-0.2, -0.15) is 5.10 Å². The Morgan fingerprint density at radius 1 is 1.45 bits per heavy atom. The molecular weight excluding hydrogens is 272 g/mol. The first-order chi connectivity index (χ1) is 9.81. The molecule has 104 valence electrons. The molecule has 3 rings (SSSR count). The molecule has 2 aromatic rings. The summed E-state index contributed by atoms with van der Waals surface area (Å²) >= 11 is 1.74. The highest BCUT2D eigenvalue weighted by Crippen LogP contribution is 2.14. The van der Waals surface area contributed by atoms with Gasteiger partial charge >= 0.3 is 0 Å². The van der Waals surface area contributed by atoms with Crippen molar-refractivity contribution >= 4 is 23.4 Å². The van der Waals surface area contributed by atoms with Crippen LogP contribution in [-0.2, 0) is 11.3 Å². The summed E-state index contributed by atoms with van der Waals surface area (Å²) in [5.41, 5.74) is 1.99. The van der Waals surface area contributed by atoms with E-state index in [9.17, 15) is 4.79 Å². The lowest BCUT2D eigenvalue weighted by Gasteiger charge is -2.11. The number of anilines is 1. The van der Waals surface area contributed by atoms with Crippen LogP contribution in [0.3, 0.4) is 0 Å². The van der Waals surface area contributed by atoms with Gasteiger partial charge < -0.3 is 5.32 Å². The maximum absolute atomic E-state index is 12.0. The first kappa shape index (κ1) is 13.2. The fraction of sp³-hybridized carbons (Fsp3) is 0.286. The Morgan fingerprint density at radius 2 is 2.30 bits per heavy atom. The van der Waals surface area contributed by atoms with Crippen LogP contribution in [0, 0.1) is 0 Å². The van der Waals surface area contributed by atoms with Crippen molar-refractivity contribution in [2.24, 2.45) is 0 Å². The number of thioether (sulfide) groups is 1. The Hall–Kier alpha value is -1.79. The zero-order chi connectivity index (χ0) is 13.8. The van der Waals surface area contributed by atoms with Crippen LogP contribution in [0.1, 0.15) is 5.56 Å². The average Bonchev–Trinajstić information content (AvgIpc) is 3.13. The Morgan fingerprint density at radius 3 is 2.95 bits per heavy atom. The number of hydrogen-bond acceptors (Lipinski definition) is 4. The lowest BCUT2D eigenvalue weighted by atomic mass is 10.2. The van der Waals surface area contributed by atoms with Crippen LogP contribution >= 0.6 is 11.8 Å².